The molecule has 0 aliphatic carbocycles. The molecule has 0 amide bonds. The molecule has 3 unspecified atom stereocenters. The lowest BCUT2D eigenvalue weighted by Gasteiger charge is -2.37. The molecule has 1 heterocycles. The minimum Gasteiger partial charge on any atom is -0.394 e. The van der Waals surface area contributed by atoms with Gasteiger partial charge in [0.25, 0.3) is 0 Å². The number of aliphatic hydroxyl groups excluding tert-OH is 1. The molecular weight excluding hydrogens is 240 g/mol. The zero-order valence-electron chi connectivity index (χ0n) is 13.1. The largest absolute Gasteiger partial charge is 0.394 e. The topological polar surface area (TPSA) is 44.7 Å². The Kier molecular flexibility index (Phi) is 7.29. The van der Waals surface area contributed by atoms with E-state index in [2.05, 4.69) is 38.0 Å². The van der Waals surface area contributed by atoms with E-state index in [4.69, 9.17) is 4.74 Å². The summed E-state index contributed by atoms with van der Waals surface area (Å²) in [4.78, 5) is 2.41. The van der Waals surface area contributed by atoms with Gasteiger partial charge in [-0.25, -0.2) is 0 Å². The minimum absolute atomic E-state index is 0.175. The van der Waals surface area contributed by atoms with Crippen LogP contribution in [0.5, 0.6) is 0 Å². The first kappa shape index (κ1) is 16.9. The molecular formula is C15H32N2O2. The van der Waals surface area contributed by atoms with Crippen molar-refractivity contribution in [3.63, 3.8) is 0 Å². The third-order valence-corrected chi connectivity index (χ3v) is 4.25. The Balaban J connectivity index is 2.39. The number of rotatable bonds is 8. The van der Waals surface area contributed by atoms with Crippen LogP contribution in [0.4, 0.5) is 0 Å². The molecule has 0 aromatic rings. The summed E-state index contributed by atoms with van der Waals surface area (Å²) in [5.74, 6) is 0.667. The Bertz CT molecular complexity index is 244. The van der Waals surface area contributed by atoms with E-state index in [0.717, 1.165) is 32.7 Å². The van der Waals surface area contributed by atoms with Gasteiger partial charge < -0.3 is 20.1 Å². The van der Waals surface area contributed by atoms with Crippen LogP contribution in [0.1, 0.15) is 40.0 Å². The van der Waals surface area contributed by atoms with Crippen LogP contribution in [-0.4, -0.2) is 61.5 Å². The number of nitrogens with zero attached hydrogens (tertiary/aromatic N) is 1. The van der Waals surface area contributed by atoms with E-state index in [1.54, 1.807) is 0 Å². The van der Waals surface area contributed by atoms with Gasteiger partial charge in [0, 0.05) is 24.7 Å². The number of ether oxygens (including phenoxy) is 1. The lowest BCUT2D eigenvalue weighted by atomic mass is 9.93. The molecule has 3 atom stereocenters. The van der Waals surface area contributed by atoms with Crippen LogP contribution in [0, 0.1) is 5.92 Å². The van der Waals surface area contributed by atoms with Gasteiger partial charge in [0.05, 0.1) is 13.2 Å². The van der Waals surface area contributed by atoms with Crippen molar-refractivity contribution < 1.29 is 9.84 Å². The lowest BCUT2D eigenvalue weighted by molar-refractivity contribution is 0.0330. The molecule has 0 aromatic heterocycles. The summed E-state index contributed by atoms with van der Waals surface area (Å²) in [5.41, 5.74) is -0.175. The number of hydrogen-bond donors (Lipinski definition) is 2. The summed E-state index contributed by atoms with van der Waals surface area (Å²) in [7, 11) is 2.18. The van der Waals surface area contributed by atoms with Crippen LogP contribution >= 0.6 is 0 Å². The van der Waals surface area contributed by atoms with E-state index >= 15 is 0 Å². The molecule has 2 N–H and O–H groups in total. The van der Waals surface area contributed by atoms with Crippen LogP contribution in [0.15, 0.2) is 0 Å². The predicted molar refractivity (Wildman–Crippen MR) is 79.4 cm³/mol. The van der Waals surface area contributed by atoms with Crippen molar-refractivity contribution >= 4 is 0 Å². The smallest absolute Gasteiger partial charge is 0.0611 e. The average molecular weight is 272 g/mol. The second-order valence-electron chi connectivity index (χ2n) is 6.32. The molecule has 19 heavy (non-hydrogen) atoms. The average Bonchev–Trinajstić information content (AvgIpc) is 2.40. The number of likely N-dealkylation sites (N-methyl/N-ethyl adjacent to an activating group) is 1. The van der Waals surface area contributed by atoms with Gasteiger partial charge in [-0.2, -0.15) is 0 Å². The molecule has 0 bridgehead atoms. The maximum absolute atomic E-state index is 9.57. The maximum Gasteiger partial charge on any atom is 0.0611 e. The van der Waals surface area contributed by atoms with E-state index in [0.29, 0.717) is 12.0 Å². The SMILES string of the molecule is CCNC(C)(CO)CC(C)N(C)CC1CCCOC1. The van der Waals surface area contributed by atoms with Crippen molar-refractivity contribution in [3.05, 3.63) is 0 Å². The van der Waals surface area contributed by atoms with E-state index in [1.165, 1.54) is 12.8 Å². The molecule has 0 radical (unpaired) electrons. The van der Waals surface area contributed by atoms with Crippen LogP contribution in [0.3, 0.4) is 0 Å². The zero-order valence-corrected chi connectivity index (χ0v) is 13.1. The Morgan fingerprint density at radius 2 is 2.26 bits per heavy atom. The highest BCUT2D eigenvalue weighted by Gasteiger charge is 2.27. The second kappa shape index (κ2) is 8.20. The summed E-state index contributed by atoms with van der Waals surface area (Å²) in [6.45, 7) is 10.4. The number of hydrogen-bond acceptors (Lipinski definition) is 4. The van der Waals surface area contributed by atoms with Crippen molar-refractivity contribution in [2.45, 2.75) is 51.6 Å². The Morgan fingerprint density at radius 3 is 2.79 bits per heavy atom. The van der Waals surface area contributed by atoms with Gasteiger partial charge in [0.2, 0.25) is 0 Å². The van der Waals surface area contributed by atoms with E-state index in [1.807, 2.05) is 0 Å². The highest BCUT2D eigenvalue weighted by molar-refractivity contribution is 4.86. The standard InChI is InChI=1S/C15H32N2O2/c1-5-16-15(3,12-18)9-13(2)17(4)10-14-7-6-8-19-11-14/h13-14,16,18H,5-12H2,1-4H3. The molecule has 1 aliphatic heterocycles. The Morgan fingerprint density at radius 1 is 1.53 bits per heavy atom. The van der Waals surface area contributed by atoms with Crippen molar-refractivity contribution in [1.29, 1.82) is 0 Å². The lowest BCUT2D eigenvalue weighted by Crippen LogP contribution is -2.50. The summed E-state index contributed by atoms with van der Waals surface area (Å²) in [6, 6.07) is 0.457. The van der Waals surface area contributed by atoms with Gasteiger partial charge >= 0.3 is 0 Å². The van der Waals surface area contributed by atoms with E-state index in [-0.39, 0.29) is 12.1 Å². The fourth-order valence-corrected chi connectivity index (χ4v) is 2.97. The van der Waals surface area contributed by atoms with Gasteiger partial charge in [-0.3, -0.25) is 0 Å². The highest BCUT2D eigenvalue weighted by atomic mass is 16.5. The molecule has 0 saturated carbocycles. The van der Waals surface area contributed by atoms with Gasteiger partial charge in [-0.05, 0) is 52.6 Å². The van der Waals surface area contributed by atoms with Crippen molar-refractivity contribution in [2.75, 3.05) is 40.0 Å². The van der Waals surface area contributed by atoms with Gasteiger partial charge in [-0.1, -0.05) is 6.92 Å². The summed E-state index contributed by atoms with van der Waals surface area (Å²) in [6.07, 6.45) is 3.43. The third kappa shape index (κ3) is 5.78. The monoisotopic (exact) mass is 272 g/mol. The van der Waals surface area contributed by atoms with Crippen LogP contribution in [0.25, 0.3) is 0 Å². The van der Waals surface area contributed by atoms with Gasteiger partial charge in [0.1, 0.15) is 0 Å². The normalized spacial score (nSPS) is 25.3. The predicted octanol–water partition coefficient (Wildman–Crippen LogP) is 1.48. The van der Waals surface area contributed by atoms with Gasteiger partial charge in [-0.15, -0.1) is 0 Å². The molecule has 1 aliphatic rings. The van der Waals surface area contributed by atoms with Crippen LogP contribution < -0.4 is 5.32 Å². The van der Waals surface area contributed by atoms with Crippen molar-refractivity contribution in [1.82, 2.24) is 10.2 Å². The van der Waals surface area contributed by atoms with Gasteiger partial charge in [0.15, 0.2) is 0 Å². The fraction of sp³-hybridized carbons (Fsp3) is 1.00. The van der Waals surface area contributed by atoms with E-state index < -0.39 is 0 Å². The first-order valence-electron chi connectivity index (χ1n) is 7.64. The van der Waals surface area contributed by atoms with Crippen LogP contribution in [0.2, 0.25) is 0 Å². The Labute approximate surface area is 118 Å². The molecule has 1 saturated heterocycles. The zero-order chi connectivity index (χ0) is 14.3. The first-order valence-corrected chi connectivity index (χ1v) is 7.64. The molecule has 1 rings (SSSR count). The molecule has 0 spiro atoms. The summed E-state index contributed by atoms with van der Waals surface area (Å²) in [5, 5.41) is 13.0. The first-order chi connectivity index (χ1) is 9.00. The quantitative estimate of drug-likeness (QED) is 0.702. The van der Waals surface area contributed by atoms with Crippen LogP contribution in [-0.2, 0) is 4.74 Å². The molecule has 4 heteroatoms. The van der Waals surface area contributed by atoms with Crippen molar-refractivity contribution in [3.8, 4) is 0 Å². The molecule has 1 fully saturated rings. The molecule has 114 valence electrons. The third-order valence-electron chi connectivity index (χ3n) is 4.25. The second-order valence-corrected chi connectivity index (χ2v) is 6.32. The molecule has 4 nitrogen and oxygen atoms in total. The Hall–Kier alpha value is -0.160. The summed E-state index contributed by atoms with van der Waals surface area (Å²) >= 11 is 0. The minimum atomic E-state index is -0.175. The van der Waals surface area contributed by atoms with Crippen molar-refractivity contribution in [2.24, 2.45) is 5.92 Å². The van der Waals surface area contributed by atoms with E-state index in [9.17, 15) is 5.11 Å². The summed E-state index contributed by atoms with van der Waals surface area (Å²) < 4.78 is 5.54. The maximum atomic E-state index is 9.57. The highest BCUT2D eigenvalue weighted by Crippen LogP contribution is 2.19. The fourth-order valence-electron chi connectivity index (χ4n) is 2.97. The molecule has 0 aromatic carbocycles. The number of aliphatic hydroxyl groups is 1. The number of nitrogens with one attached hydrogen (secondary N) is 1.